The molecule has 0 spiro atoms. The Hall–Kier alpha value is -1.00. The van der Waals surface area contributed by atoms with E-state index in [1.165, 1.54) is 12.1 Å². The lowest BCUT2D eigenvalue weighted by Crippen LogP contribution is -2.57. The Bertz CT molecular complexity index is 728. The lowest BCUT2D eigenvalue weighted by atomic mass is 9.94. The molecule has 1 fully saturated rings. The predicted octanol–water partition coefficient (Wildman–Crippen LogP) is 0.485. The van der Waals surface area contributed by atoms with Crippen molar-refractivity contribution in [3.8, 4) is 0 Å². The summed E-state index contributed by atoms with van der Waals surface area (Å²) in [5, 5.41) is 3.05. The fraction of sp³-hybridized carbons (Fsp3) is 0.538. The van der Waals surface area contributed by atoms with Crippen LogP contribution in [0.3, 0.4) is 0 Å². The summed E-state index contributed by atoms with van der Waals surface area (Å²) >= 11 is 0. The lowest BCUT2D eigenvalue weighted by molar-refractivity contribution is 0.0183. The maximum atomic E-state index is 12.2. The molecular formula is C13H20N2O5S2. The minimum Gasteiger partial charge on any atom is -0.312 e. The number of aryl methyl sites for hydroxylation is 1. The van der Waals surface area contributed by atoms with Gasteiger partial charge in [0.25, 0.3) is 0 Å². The number of hydrogen-bond acceptors (Lipinski definition) is 6. The zero-order valence-corrected chi connectivity index (χ0v) is 14.3. The summed E-state index contributed by atoms with van der Waals surface area (Å²) in [7, 11) is -8.00. The van der Waals surface area contributed by atoms with Crippen molar-refractivity contribution in [1.82, 2.24) is 9.79 Å². The third kappa shape index (κ3) is 4.05. The van der Waals surface area contributed by atoms with E-state index in [2.05, 4.69) is 5.32 Å². The van der Waals surface area contributed by atoms with Crippen LogP contribution in [0.2, 0.25) is 0 Å². The number of rotatable bonds is 6. The Labute approximate surface area is 131 Å². The van der Waals surface area contributed by atoms with Crippen molar-refractivity contribution in [1.29, 1.82) is 0 Å². The summed E-state index contributed by atoms with van der Waals surface area (Å²) < 4.78 is 53.4. The number of nitrogens with zero attached hydrogens (tertiary/aromatic N) is 1. The lowest BCUT2D eigenvalue weighted by Gasteiger charge is -2.37. The third-order valence-corrected chi connectivity index (χ3v) is 5.88. The molecule has 0 radical (unpaired) electrons. The van der Waals surface area contributed by atoms with Crippen LogP contribution in [0.4, 0.5) is 0 Å². The first-order valence-corrected chi connectivity index (χ1v) is 10.1. The number of hydroxylamine groups is 1. The van der Waals surface area contributed by atoms with Gasteiger partial charge in [0.1, 0.15) is 0 Å². The molecule has 0 saturated carbocycles. The van der Waals surface area contributed by atoms with Crippen molar-refractivity contribution in [2.24, 2.45) is 5.92 Å². The average Bonchev–Trinajstić information content (AvgIpc) is 2.40. The molecule has 1 aromatic carbocycles. The second-order valence-electron chi connectivity index (χ2n) is 5.58. The number of benzene rings is 1. The van der Waals surface area contributed by atoms with Gasteiger partial charge in [0.05, 0.1) is 17.7 Å². The topological polar surface area (TPSA) is 92.8 Å². The highest BCUT2D eigenvalue weighted by Gasteiger charge is 2.34. The van der Waals surface area contributed by atoms with Crippen molar-refractivity contribution in [2.75, 3.05) is 19.3 Å². The molecule has 2 atom stereocenters. The van der Waals surface area contributed by atoms with Crippen LogP contribution in [0.25, 0.3) is 0 Å². The van der Waals surface area contributed by atoms with E-state index in [0.29, 0.717) is 4.47 Å². The molecule has 0 aliphatic carbocycles. The van der Waals surface area contributed by atoms with Crippen LogP contribution in [-0.2, 0) is 24.4 Å². The minimum atomic E-state index is -4.19. The van der Waals surface area contributed by atoms with Gasteiger partial charge < -0.3 is 5.32 Å². The van der Waals surface area contributed by atoms with E-state index in [4.69, 9.17) is 4.28 Å². The maximum absolute atomic E-state index is 12.2. The largest absolute Gasteiger partial charge is 0.314 e. The molecule has 0 bridgehead atoms. The molecule has 0 aromatic heterocycles. The number of nitrogens with one attached hydrogen (secondary N) is 1. The van der Waals surface area contributed by atoms with Gasteiger partial charge in [-0.3, -0.25) is 0 Å². The van der Waals surface area contributed by atoms with E-state index < -0.39 is 20.1 Å². The van der Waals surface area contributed by atoms with Crippen LogP contribution in [-0.4, -0.2) is 46.7 Å². The fourth-order valence-electron chi connectivity index (χ4n) is 2.00. The zero-order valence-electron chi connectivity index (χ0n) is 12.7. The van der Waals surface area contributed by atoms with E-state index in [0.717, 1.165) is 18.4 Å². The van der Waals surface area contributed by atoms with Gasteiger partial charge in [0.2, 0.25) is 10.0 Å². The van der Waals surface area contributed by atoms with Gasteiger partial charge in [-0.1, -0.05) is 29.1 Å². The first-order valence-electron chi connectivity index (χ1n) is 6.82. The first kappa shape index (κ1) is 17.4. The summed E-state index contributed by atoms with van der Waals surface area (Å²) in [4.78, 5) is -0.0821. The van der Waals surface area contributed by atoms with Gasteiger partial charge in [-0.2, -0.15) is 12.7 Å². The smallest absolute Gasteiger partial charge is 0.312 e. The Kier molecular flexibility index (Phi) is 4.93. The molecule has 1 heterocycles. The maximum Gasteiger partial charge on any atom is 0.314 e. The SMILES string of the molecule is Cc1ccc(S(=O)(=O)ON(C[C@H]2NC[C@H]2C)S(C)(=O)=O)cc1. The average molecular weight is 348 g/mol. The van der Waals surface area contributed by atoms with E-state index in [1.54, 1.807) is 12.1 Å². The highest BCUT2D eigenvalue weighted by molar-refractivity contribution is 7.90. The Morgan fingerprint density at radius 2 is 1.82 bits per heavy atom. The fourth-order valence-corrected chi connectivity index (χ4v) is 3.95. The Morgan fingerprint density at radius 1 is 1.23 bits per heavy atom. The molecular weight excluding hydrogens is 328 g/mol. The van der Waals surface area contributed by atoms with Crippen LogP contribution in [0.15, 0.2) is 29.2 Å². The van der Waals surface area contributed by atoms with Crippen molar-refractivity contribution in [3.63, 3.8) is 0 Å². The summed E-state index contributed by atoms with van der Waals surface area (Å²) in [6, 6.07) is 5.89. The van der Waals surface area contributed by atoms with Gasteiger partial charge in [0.15, 0.2) is 0 Å². The van der Waals surface area contributed by atoms with E-state index in [-0.39, 0.29) is 23.4 Å². The molecule has 2 rings (SSSR count). The molecule has 124 valence electrons. The van der Waals surface area contributed by atoms with E-state index in [9.17, 15) is 16.8 Å². The monoisotopic (exact) mass is 348 g/mol. The molecule has 7 nitrogen and oxygen atoms in total. The molecule has 9 heteroatoms. The normalized spacial score (nSPS) is 22.5. The molecule has 1 N–H and O–H groups in total. The van der Waals surface area contributed by atoms with Crippen LogP contribution >= 0.6 is 0 Å². The van der Waals surface area contributed by atoms with Gasteiger partial charge >= 0.3 is 10.1 Å². The van der Waals surface area contributed by atoms with Gasteiger partial charge in [-0.15, -0.1) is 0 Å². The Balaban J connectivity index is 2.20. The standard InChI is InChI=1S/C13H20N2O5S2/c1-10-4-6-12(7-5-10)22(18,19)20-15(21(3,16)17)9-13-11(2)8-14-13/h4-7,11,13-14H,8-9H2,1-3H3/t11-,13-/m1/s1. The molecule has 1 aliphatic heterocycles. The third-order valence-electron chi connectivity index (χ3n) is 3.60. The van der Waals surface area contributed by atoms with Gasteiger partial charge in [-0.05, 0) is 31.5 Å². The van der Waals surface area contributed by atoms with Crippen molar-refractivity contribution < 1.29 is 21.1 Å². The van der Waals surface area contributed by atoms with Crippen LogP contribution in [0.5, 0.6) is 0 Å². The first-order chi connectivity index (χ1) is 10.1. The van der Waals surface area contributed by atoms with E-state index in [1.807, 2.05) is 13.8 Å². The molecule has 0 amide bonds. The minimum absolute atomic E-state index is 0.0505. The Morgan fingerprint density at radius 3 is 2.23 bits per heavy atom. The van der Waals surface area contributed by atoms with Gasteiger partial charge in [0, 0.05) is 6.04 Å². The van der Waals surface area contributed by atoms with E-state index >= 15 is 0 Å². The van der Waals surface area contributed by atoms with Gasteiger partial charge in [-0.25, -0.2) is 8.42 Å². The highest BCUT2D eigenvalue weighted by atomic mass is 32.2. The molecule has 1 aromatic rings. The zero-order chi connectivity index (χ0) is 16.5. The van der Waals surface area contributed by atoms with Crippen LogP contribution in [0.1, 0.15) is 12.5 Å². The molecule has 1 saturated heterocycles. The molecule has 22 heavy (non-hydrogen) atoms. The van der Waals surface area contributed by atoms with Crippen molar-refractivity contribution in [2.45, 2.75) is 24.8 Å². The molecule has 0 unspecified atom stereocenters. The summed E-state index contributed by atoms with van der Waals surface area (Å²) in [6.45, 7) is 4.50. The number of sulfonamides is 1. The quantitative estimate of drug-likeness (QED) is 0.752. The van der Waals surface area contributed by atoms with Crippen LogP contribution < -0.4 is 5.32 Å². The summed E-state index contributed by atoms with van der Waals surface area (Å²) in [5.74, 6) is 0.259. The summed E-state index contributed by atoms with van der Waals surface area (Å²) in [5.41, 5.74) is 0.895. The van der Waals surface area contributed by atoms with Crippen molar-refractivity contribution >= 4 is 20.1 Å². The van der Waals surface area contributed by atoms with Crippen molar-refractivity contribution in [3.05, 3.63) is 29.8 Å². The predicted molar refractivity (Wildman–Crippen MR) is 82.0 cm³/mol. The summed E-state index contributed by atoms with van der Waals surface area (Å²) in [6.07, 6.45) is 0.918. The van der Waals surface area contributed by atoms with Crippen LogP contribution in [0, 0.1) is 12.8 Å². The second-order valence-corrected chi connectivity index (χ2v) is 8.98. The second kappa shape index (κ2) is 6.25. The highest BCUT2D eigenvalue weighted by Crippen LogP contribution is 2.19. The molecule has 1 aliphatic rings. The number of hydrogen-bond donors (Lipinski definition) is 1.